The summed E-state index contributed by atoms with van der Waals surface area (Å²) in [6.45, 7) is 0. The van der Waals surface area contributed by atoms with E-state index in [1.807, 2.05) is 30.6 Å². The molecule has 0 fully saturated rings. The van der Waals surface area contributed by atoms with Crippen LogP contribution in [0.15, 0.2) is 413 Å². The van der Waals surface area contributed by atoms with Crippen LogP contribution in [-0.4, -0.2) is 29.9 Å². The maximum absolute atomic E-state index is 5.30. The molecule has 522 valence electrons. The first-order valence-corrected chi connectivity index (χ1v) is 37.9. The van der Waals surface area contributed by atoms with Crippen LogP contribution in [0, 0.1) is 0 Å². The minimum atomic E-state index is 0.675. The number of fused-ring (bicyclic) bond motifs is 13. The maximum Gasteiger partial charge on any atom is 0.160 e. The molecule has 0 amide bonds. The third kappa shape index (κ3) is 12.9. The third-order valence-corrected chi connectivity index (χ3v) is 21.7. The van der Waals surface area contributed by atoms with E-state index in [0.717, 1.165) is 112 Å². The molecule has 0 radical (unpaired) electrons. The molecule has 112 heavy (non-hydrogen) atoms. The van der Waals surface area contributed by atoms with Crippen LogP contribution in [0.4, 0.5) is 0 Å². The average molecular weight is 1430 g/mol. The smallest absolute Gasteiger partial charge is 0.160 e. The third-order valence-electron chi connectivity index (χ3n) is 21.7. The lowest BCUT2D eigenvalue weighted by Crippen LogP contribution is -1.96. The van der Waals surface area contributed by atoms with Gasteiger partial charge in [0.2, 0.25) is 0 Å². The molecule has 0 atom stereocenters. The minimum absolute atomic E-state index is 0.675. The van der Waals surface area contributed by atoms with Crippen molar-refractivity contribution in [2.45, 2.75) is 0 Å². The number of aromatic nitrogens is 6. The Bertz CT molecular complexity index is 7030. The summed E-state index contributed by atoms with van der Waals surface area (Å²) in [5.74, 6) is 1.35. The van der Waals surface area contributed by atoms with E-state index in [0.29, 0.717) is 11.6 Å². The number of rotatable bonds is 12. The number of nitrogens with zero attached hydrogens (tertiary/aromatic N) is 6. The van der Waals surface area contributed by atoms with Crippen molar-refractivity contribution < 1.29 is 0 Å². The predicted molar refractivity (Wildman–Crippen MR) is 467 cm³/mol. The van der Waals surface area contributed by atoms with Crippen molar-refractivity contribution in [2.24, 2.45) is 0 Å². The first kappa shape index (κ1) is 66.5. The predicted octanol–water partition coefficient (Wildman–Crippen LogP) is 27.8. The highest BCUT2D eigenvalue weighted by Gasteiger charge is 2.19. The molecule has 0 saturated carbocycles. The highest BCUT2D eigenvalue weighted by Crippen LogP contribution is 2.42. The van der Waals surface area contributed by atoms with E-state index >= 15 is 0 Å². The minimum Gasteiger partial charge on any atom is -0.264 e. The number of hydrogen-bond acceptors (Lipinski definition) is 6. The largest absolute Gasteiger partial charge is 0.264 e. The maximum atomic E-state index is 5.30. The number of hydrogen-bond donors (Lipinski definition) is 0. The Kier molecular flexibility index (Phi) is 17.2. The lowest BCUT2D eigenvalue weighted by atomic mass is 9.92. The molecular weight excluding hydrogens is 1360 g/mol. The van der Waals surface area contributed by atoms with Crippen molar-refractivity contribution in [1.82, 2.24) is 29.9 Å². The molecule has 21 aromatic rings. The van der Waals surface area contributed by atoms with E-state index in [9.17, 15) is 0 Å². The lowest BCUT2D eigenvalue weighted by molar-refractivity contribution is 1.18. The summed E-state index contributed by atoms with van der Waals surface area (Å²) in [5.41, 5.74) is 22.9. The Hall–Kier alpha value is -15.0. The van der Waals surface area contributed by atoms with Gasteiger partial charge in [0.25, 0.3) is 0 Å². The lowest BCUT2D eigenvalue weighted by Gasteiger charge is -2.13. The van der Waals surface area contributed by atoms with Gasteiger partial charge >= 0.3 is 0 Å². The second-order valence-electron chi connectivity index (χ2n) is 28.5. The standard InChI is InChI=1S/C55H35N3.C51H33N3/c1-2-12-37-29-41(25-24-36(37)11-1)38-13-7-16-43(30-38)53-34-54(44-17-8-15-40(31-44)46-19-10-28-56-35-46)58-55(57-53)45-18-9-14-39(32-45)42-26-27-51-49-22-4-3-20-47(49)48-21-5-6-23-50(48)52(51)33-42;1-2-12-34(13-3-1)35-14-8-17-39(28-35)49-32-50(40-18-9-16-37(29-40)42-20-11-27-52-33-42)54-51(53-49)41-19-10-15-36(30-41)38-25-26-47-45-23-5-4-21-43(45)44-22-6-7-24-46(44)48(47)31-38/h1-35H;1-33H. The first-order valence-electron chi connectivity index (χ1n) is 37.9. The van der Waals surface area contributed by atoms with Crippen LogP contribution in [0.3, 0.4) is 0 Å². The van der Waals surface area contributed by atoms with E-state index in [1.54, 1.807) is 12.4 Å². The van der Waals surface area contributed by atoms with E-state index < -0.39 is 0 Å². The Morgan fingerprint density at radius 3 is 0.768 bits per heavy atom. The fraction of sp³-hybridized carbons (Fsp3) is 0. The van der Waals surface area contributed by atoms with Gasteiger partial charge in [-0.2, -0.15) is 0 Å². The molecule has 0 aliphatic rings. The second-order valence-corrected chi connectivity index (χ2v) is 28.5. The molecule has 0 spiro atoms. The highest BCUT2D eigenvalue weighted by molar-refractivity contribution is 6.27. The van der Waals surface area contributed by atoms with E-state index in [4.69, 9.17) is 19.9 Å². The topological polar surface area (TPSA) is 77.3 Å². The molecule has 21 rings (SSSR count). The summed E-state index contributed by atoms with van der Waals surface area (Å²) in [7, 11) is 0. The summed E-state index contributed by atoms with van der Waals surface area (Å²) in [6.07, 6.45) is 7.40. The summed E-state index contributed by atoms with van der Waals surface area (Å²) < 4.78 is 0. The van der Waals surface area contributed by atoms with Crippen LogP contribution in [0.1, 0.15) is 0 Å². The van der Waals surface area contributed by atoms with E-state index in [-0.39, 0.29) is 0 Å². The normalized spacial score (nSPS) is 11.4. The molecule has 4 aromatic heterocycles. The fourth-order valence-electron chi connectivity index (χ4n) is 16.1. The van der Waals surface area contributed by atoms with Crippen LogP contribution < -0.4 is 0 Å². The van der Waals surface area contributed by atoms with Gasteiger partial charge in [0.05, 0.1) is 22.8 Å². The van der Waals surface area contributed by atoms with Crippen LogP contribution >= 0.6 is 0 Å². The van der Waals surface area contributed by atoms with Gasteiger partial charge in [0.1, 0.15) is 0 Å². The van der Waals surface area contributed by atoms with Crippen molar-refractivity contribution in [3.63, 3.8) is 0 Å². The molecule has 4 heterocycles. The van der Waals surface area contributed by atoms with Crippen molar-refractivity contribution in [3.8, 4) is 135 Å². The van der Waals surface area contributed by atoms with Crippen LogP contribution in [-0.2, 0) is 0 Å². The Morgan fingerprint density at radius 2 is 0.393 bits per heavy atom. The molecular formula is C106H68N6. The van der Waals surface area contributed by atoms with Gasteiger partial charge in [-0.25, -0.2) is 19.9 Å². The van der Waals surface area contributed by atoms with Crippen molar-refractivity contribution in [3.05, 3.63) is 413 Å². The quantitative estimate of drug-likeness (QED) is 0.113. The van der Waals surface area contributed by atoms with Gasteiger partial charge in [-0.05, 0) is 210 Å². The summed E-state index contributed by atoms with van der Waals surface area (Å²) >= 11 is 0. The van der Waals surface area contributed by atoms with Crippen molar-refractivity contribution in [1.29, 1.82) is 0 Å². The van der Waals surface area contributed by atoms with Crippen molar-refractivity contribution in [2.75, 3.05) is 0 Å². The fourth-order valence-corrected chi connectivity index (χ4v) is 16.1. The van der Waals surface area contributed by atoms with Crippen molar-refractivity contribution >= 4 is 75.4 Å². The molecule has 0 saturated heterocycles. The summed E-state index contributed by atoms with van der Waals surface area (Å²) in [4.78, 5) is 29.8. The van der Waals surface area contributed by atoms with Gasteiger partial charge in [0.15, 0.2) is 11.6 Å². The molecule has 0 aliphatic heterocycles. The zero-order valence-electron chi connectivity index (χ0n) is 60.9. The average Bonchev–Trinajstić information content (AvgIpc) is 0.745. The van der Waals surface area contributed by atoms with Gasteiger partial charge in [-0.1, -0.05) is 309 Å². The van der Waals surface area contributed by atoms with Gasteiger partial charge in [-0.3, -0.25) is 9.97 Å². The van der Waals surface area contributed by atoms with Crippen LogP contribution in [0.25, 0.3) is 210 Å². The molecule has 6 nitrogen and oxygen atoms in total. The highest BCUT2D eigenvalue weighted by atomic mass is 14.9. The molecule has 6 heteroatoms. The Labute approximate surface area is 648 Å². The van der Waals surface area contributed by atoms with Gasteiger partial charge in [-0.15, -0.1) is 0 Å². The zero-order valence-corrected chi connectivity index (χ0v) is 60.9. The molecule has 0 bridgehead atoms. The second kappa shape index (κ2) is 29.0. The van der Waals surface area contributed by atoms with Gasteiger partial charge in [0, 0.05) is 69.3 Å². The zero-order chi connectivity index (χ0) is 74.3. The summed E-state index contributed by atoms with van der Waals surface area (Å²) in [5, 5.41) is 17.6. The van der Waals surface area contributed by atoms with E-state index in [2.05, 4.69) is 380 Å². The molecule has 0 N–H and O–H groups in total. The summed E-state index contributed by atoms with van der Waals surface area (Å²) in [6, 6.07) is 138. The van der Waals surface area contributed by atoms with Crippen LogP contribution in [0.2, 0.25) is 0 Å². The van der Waals surface area contributed by atoms with Crippen LogP contribution in [0.5, 0.6) is 0 Å². The van der Waals surface area contributed by atoms with E-state index in [1.165, 1.54) is 86.5 Å². The SMILES string of the molecule is c1ccc(-c2cccc(-c3cc(-c4cccc(-c5cccnc5)c4)nc(-c4cccc(-c5ccc6c7ccccc7c7ccccc7c6c5)c4)n3)c2)cc1.c1cncc(-c2cccc(-c3cc(-c4cccc(-c5ccc6ccccc6c5)c4)nc(-c4cccc(-c5ccc6c7ccccc7c7ccccc7c6c5)c4)n3)c2)c1. The first-order chi connectivity index (χ1) is 55.5. The number of pyridine rings is 2. The Balaban J connectivity index is 0.000000146. The van der Waals surface area contributed by atoms with Gasteiger partial charge < -0.3 is 0 Å². The Morgan fingerprint density at radius 1 is 0.134 bits per heavy atom. The monoisotopic (exact) mass is 1420 g/mol. The molecule has 0 aliphatic carbocycles. The molecule has 17 aromatic carbocycles. The number of benzene rings is 17. The molecule has 0 unspecified atom stereocenters.